The van der Waals surface area contributed by atoms with Crippen LogP contribution >= 0.6 is 0 Å². The lowest BCUT2D eigenvalue weighted by Gasteiger charge is -2.26. The number of likely N-dealkylation sites (N-methyl/N-ethyl adjacent to an activating group) is 1. The zero-order valence-corrected chi connectivity index (χ0v) is 56.5. The first-order chi connectivity index (χ1) is 41.6. The van der Waals surface area contributed by atoms with Crippen LogP contribution in [0.25, 0.3) is 0 Å². The number of aliphatic carboxylic acids is 1. The third kappa shape index (κ3) is 68.1. The second-order valence-electron chi connectivity index (χ2n) is 25.5. The molecule has 0 saturated heterocycles. The van der Waals surface area contributed by atoms with E-state index < -0.39 is 24.3 Å². The summed E-state index contributed by atoms with van der Waals surface area (Å²) in [6.45, 7) is 4.69. The molecule has 0 heterocycles. The van der Waals surface area contributed by atoms with Crippen LogP contribution in [0.3, 0.4) is 0 Å². The van der Waals surface area contributed by atoms with Gasteiger partial charge in [0.05, 0.1) is 40.3 Å². The van der Waals surface area contributed by atoms with Crippen LogP contribution < -0.4 is 5.11 Å². The number of carboxylic acids is 1. The van der Waals surface area contributed by atoms with E-state index in [0.717, 1.165) is 77.0 Å². The molecule has 0 radical (unpaired) electrons. The molecule has 0 rings (SSSR count). The number of quaternary nitrogens is 1. The van der Waals surface area contributed by atoms with Crippen molar-refractivity contribution in [1.29, 1.82) is 0 Å². The molecule has 0 spiro atoms. The third-order valence-electron chi connectivity index (χ3n) is 16.0. The molecule has 9 heteroatoms. The van der Waals surface area contributed by atoms with Gasteiger partial charge in [-0.15, -0.1) is 0 Å². The first kappa shape index (κ1) is 81.7. The highest BCUT2D eigenvalue weighted by atomic mass is 16.7. The highest BCUT2D eigenvalue weighted by Crippen LogP contribution is 2.19. The molecule has 0 amide bonds. The van der Waals surface area contributed by atoms with Crippen molar-refractivity contribution in [1.82, 2.24) is 0 Å². The fourth-order valence-electron chi connectivity index (χ4n) is 10.5. The third-order valence-corrected chi connectivity index (χ3v) is 16.0. The van der Waals surface area contributed by atoms with Crippen molar-refractivity contribution in [3.63, 3.8) is 0 Å². The van der Waals surface area contributed by atoms with Crippen LogP contribution in [0.1, 0.15) is 335 Å². The predicted molar refractivity (Wildman–Crippen MR) is 361 cm³/mol. The summed E-state index contributed by atoms with van der Waals surface area (Å²) in [7, 11) is 5.94. The minimum absolute atomic E-state index is 0.150. The number of carboxylic acid groups (broad SMARTS) is 1. The summed E-state index contributed by atoms with van der Waals surface area (Å²) in [4.78, 5) is 37.5. The summed E-state index contributed by atoms with van der Waals surface area (Å²) in [5.74, 6) is -2.26. The Balaban J connectivity index is 3.97. The number of carbonyl (C=O) groups excluding carboxylic acids is 3. The first-order valence-electron chi connectivity index (χ1n) is 36.1. The van der Waals surface area contributed by atoms with Crippen molar-refractivity contribution in [2.24, 2.45) is 0 Å². The standard InChI is InChI=1S/C76H137NO8/c1-6-8-10-12-14-16-18-20-22-24-26-27-28-29-30-31-32-33-34-35-36-37-38-39-40-41-42-43-44-45-46-47-49-51-53-55-57-59-61-63-65-67-74(79)85-72(71-84-76(75(80)81)82-69-68-77(3,4)5)70-83-73(78)66-64-62-60-58-56-54-52-50-48-25-23-21-19-17-15-13-11-9-7-2/h8,10,14,16,20,22,26-27,29-30,32-33,72,76H,6-7,9,11-13,15,17-19,21,23-25,28,31,34-71H2,1-5H3/b10-8-,16-14-,22-20-,27-26-,30-29-,33-32-. The smallest absolute Gasteiger partial charge is 0.306 e. The van der Waals surface area contributed by atoms with Gasteiger partial charge in [0.2, 0.25) is 0 Å². The number of nitrogens with zero attached hydrogens (tertiary/aromatic N) is 1. The number of ether oxygens (including phenoxy) is 4. The molecule has 2 atom stereocenters. The fraction of sp³-hybridized carbons (Fsp3) is 0.803. The number of rotatable bonds is 67. The highest BCUT2D eigenvalue weighted by molar-refractivity contribution is 5.70. The van der Waals surface area contributed by atoms with Gasteiger partial charge in [-0.2, -0.15) is 0 Å². The molecule has 0 aromatic carbocycles. The van der Waals surface area contributed by atoms with E-state index in [1.54, 1.807) is 0 Å². The summed E-state index contributed by atoms with van der Waals surface area (Å²) in [6, 6.07) is 0. The molecule has 0 aliphatic carbocycles. The number of hydrogen-bond acceptors (Lipinski definition) is 8. The van der Waals surface area contributed by atoms with Crippen LogP contribution in [0.5, 0.6) is 0 Å². The largest absolute Gasteiger partial charge is 0.545 e. The molecule has 0 fully saturated rings. The maximum absolute atomic E-state index is 12.9. The molecule has 0 N–H and O–H groups in total. The zero-order chi connectivity index (χ0) is 61.9. The van der Waals surface area contributed by atoms with Gasteiger partial charge in [0, 0.05) is 12.8 Å². The van der Waals surface area contributed by atoms with Gasteiger partial charge in [-0.1, -0.05) is 331 Å². The highest BCUT2D eigenvalue weighted by Gasteiger charge is 2.22. The summed E-state index contributed by atoms with van der Waals surface area (Å²) in [5, 5.41) is 11.8. The van der Waals surface area contributed by atoms with Gasteiger partial charge in [-0.05, 0) is 64.2 Å². The summed E-state index contributed by atoms with van der Waals surface area (Å²) < 4.78 is 22.8. The molecular formula is C76H137NO8. The van der Waals surface area contributed by atoms with E-state index in [-0.39, 0.29) is 32.2 Å². The Morgan fingerprint density at radius 1 is 0.365 bits per heavy atom. The van der Waals surface area contributed by atoms with E-state index in [2.05, 4.69) is 86.8 Å². The van der Waals surface area contributed by atoms with E-state index >= 15 is 0 Å². The SMILES string of the molecule is CC/C=C\C/C=C\C/C=C\C/C=C\C/C=C\C/C=C\CCCCCCCCCCCCCCCCCCCCCCCCC(=O)OC(COC(=O)CCCCCCCCCCCCCCCCCCCCC)COC(OCC[N+](C)(C)C)C(=O)[O-]. The van der Waals surface area contributed by atoms with Gasteiger partial charge in [-0.25, -0.2) is 0 Å². The van der Waals surface area contributed by atoms with Crippen molar-refractivity contribution in [2.75, 3.05) is 47.5 Å². The normalized spacial score (nSPS) is 13.1. The minimum atomic E-state index is -1.62. The van der Waals surface area contributed by atoms with Gasteiger partial charge in [0.15, 0.2) is 12.4 Å². The maximum atomic E-state index is 12.9. The van der Waals surface area contributed by atoms with Crippen LogP contribution in [0.4, 0.5) is 0 Å². The van der Waals surface area contributed by atoms with Crippen LogP contribution in [0.15, 0.2) is 72.9 Å². The summed E-state index contributed by atoms with van der Waals surface area (Å²) in [5.41, 5.74) is 0. The zero-order valence-electron chi connectivity index (χ0n) is 56.5. The van der Waals surface area contributed by atoms with E-state index in [0.29, 0.717) is 17.4 Å². The van der Waals surface area contributed by atoms with Gasteiger partial charge >= 0.3 is 11.9 Å². The van der Waals surface area contributed by atoms with Gasteiger partial charge in [0.25, 0.3) is 0 Å². The second-order valence-corrected chi connectivity index (χ2v) is 25.5. The second kappa shape index (κ2) is 66.7. The molecule has 0 saturated carbocycles. The topological polar surface area (TPSA) is 111 Å². The number of allylic oxidation sites excluding steroid dienone is 12. The number of unbranched alkanes of at least 4 members (excludes halogenated alkanes) is 40. The maximum Gasteiger partial charge on any atom is 0.306 e. The fourth-order valence-corrected chi connectivity index (χ4v) is 10.5. The Kier molecular flexibility index (Phi) is 64.1. The number of esters is 2. The Labute approximate surface area is 526 Å². The molecule has 0 aliphatic rings. The van der Waals surface area contributed by atoms with Gasteiger partial charge in [-0.3, -0.25) is 9.59 Å². The predicted octanol–water partition coefficient (Wildman–Crippen LogP) is 21.1. The van der Waals surface area contributed by atoms with Crippen LogP contribution in [0, 0.1) is 0 Å². The molecule has 0 aliphatic heterocycles. The molecule has 85 heavy (non-hydrogen) atoms. The quantitative estimate of drug-likeness (QED) is 0.0195. The van der Waals surface area contributed by atoms with E-state index in [4.69, 9.17) is 18.9 Å². The minimum Gasteiger partial charge on any atom is -0.545 e. The van der Waals surface area contributed by atoms with E-state index in [9.17, 15) is 19.5 Å². The lowest BCUT2D eigenvalue weighted by molar-refractivity contribution is -0.870. The van der Waals surface area contributed by atoms with E-state index in [1.807, 2.05) is 21.1 Å². The molecule has 0 bridgehead atoms. The number of hydrogen-bond donors (Lipinski definition) is 0. The van der Waals surface area contributed by atoms with Crippen LogP contribution in [-0.2, 0) is 33.3 Å². The summed E-state index contributed by atoms with van der Waals surface area (Å²) in [6.07, 6.45) is 85.7. The van der Waals surface area contributed by atoms with Crippen molar-refractivity contribution >= 4 is 17.9 Å². The molecule has 9 nitrogen and oxygen atoms in total. The summed E-state index contributed by atoms with van der Waals surface area (Å²) >= 11 is 0. The van der Waals surface area contributed by atoms with Gasteiger partial charge in [0.1, 0.15) is 13.2 Å². The molecule has 0 aromatic rings. The molecular weight excluding hydrogens is 1050 g/mol. The Morgan fingerprint density at radius 2 is 0.671 bits per heavy atom. The van der Waals surface area contributed by atoms with Crippen LogP contribution in [0.2, 0.25) is 0 Å². The van der Waals surface area contributed by atoms with Gasteiger partial charge < -0.3 is 33.3 Å². The Hall–Kier alpha value is -3.27. The monoisotopic (exact) mass is 1190 g/mol. The molecule has 494 valence electrons. The average Bonchev–Trinajstić information content (AvgIpc) is 3.49. The van der Waals surface area contributed by atoms with Crippen LogP contribution in [-0.4, -0.2) is 82.3 Å². The Bertz CT molecular complexity index is 1620. The van der Waals surface area contributed by atoms with E-state index in [1.165, 1.54) is 231 Å². The average molecular weight is 1190 g/mol. The first-order valence-corrected chi connectivity index (χ1v) is 36.1. The lowest BCUT2D eigenvalue weighted by atomic mass is 10.0. The molecule has 2 unspecified atom stereocenters. The van der Waals surface area contributed by atoms with Crippen molar-refractivity contribution in [3.05, 3.63) is 72.9 Å². The van der Waals surface area contributed by atoms with Crippen molar-refractivity contribution in [3.8, 4) is 0 Å². The van der Waals surface area contributed by atoms with Crippen molar-refractivity contribution < 1.29 is 42.9 Å². The number of carbonyl (C=O) groups is 3. The Morgan fingerprint density at radius 3 is 1.00 bits per heavy atom. The lowest BCUT2D eigenvalue weighted by Crippen LogP contribution is -2.44. The molecule has 0 aromatic heterocycles. The van der Waals surface area contributed by atoms with Crippen molar-refractivity contribution in [2.45, 2.75) is 347 Å².